The second-order valence-corrected chi connectivity index (χ2v) is 5.75. The van der Waals surface area contributed by atoms with Crippen molar-refractivity contribution in [1.29, 1.82) is 0 Å². The van der Waals surface area contributed by atoms with Crippen molar-refractivity contribution in [2.45, 2.75) is 0 Å². The van der Waals surface area contributed by atoms with Crippen LogP contribution in [-0.2, 0) is 0 Å². The van der Waals surface area contributed by atoms with Crippen molar-refractivity contribution in [1.82, 2.24) is 9.97 Å². The third-order valence-corrected chi connectivity index (χ3v) is 3.82. The van der Waals surface area contributed by atoms with Crippen LogP contribution in [0.2, 0.25) is 5.02 Å². The topological polar surface area (TPSA) is 77.0 Å². The normalized spacial score (nSPS) is 10.9. The Balaban J connectivity index is 1.77. The molecule has 0 atom stereocenters. The number of nitrogens with zero attached hydrogens (tertiary/aromatic N) is 2. The number of nitrogen functional groups attached to an aromatic ring is 1. The molecule has 0 unspecified atom stereocenters. The van der Waals surface area contributed by atoms with Crippen LogP contribution in [0.1, 0.15) is 0 Å². The van der Waals surface area contributed by atoms with Gasteiger partial charge in [-0.3, -0.25) is 0 Å². The Labute approximate surface area is 143 Å². The van der Waals surface area contributed by atoms with Crippen LogP contribution in [0.25, 0.3) is 22.4 Å². The van der Waals surface area contributed by atoms with Crippen LogP contribution < -0.4 is 11.1 Å². The third kappa shape index (κ3) is 2.77. The van der Waals surface area contributed by atoms with E-state index in [1.165, 1.54) is 6.33 Å². The predicted molar refractivity (Wildman–Crippen MR) is 96.4 cm³/mol. The van der Waals surface area contributed by atoms with E-state index in [9.17, 15) is 0 Å². The average Bonchev–Trinajstić information content (AvgIpc) is 3.00. The maximum atomic E-state index is 6.03. The Morgan fingerprint density at radius 1 is 1.00 bits per heavy atom. The molecule has 24 heavy (non-hydrogen) atoms. The molecule has 0 aliphatic heterocycles. The van der Waals surface area contributed by atoms with Gasteiger partial charge < -0.3 is 15.5 Å². The van der Waals surface area contributed by atoms with E-state index < -0.39 is 0 Å². The van der Waals surface area contributed by atoms with Gasteiger partial charge in [0.2, 0.25) is 5.71 Å². The minimum atomic E-state index is 0.506. The van der Waals surface area contributed by atoms with Crippen molar-refractivity contribution in [2.24, 2.45) is 0 Å². The first kappa shape index (κ1) is 14.5. The van der Waals surface area contributed by atoms with Crippen LogP contribution in [-0.4, -0.2) is 9.97 Å². The van der Waals surface area contributed by atoms with E-state index in [2.05, 4.69) is 15.3 Å². The number of rotatable bonds is 3. The summed E-state index contributed by atoms with van der Waals surface area (Å²) in [7, 11) is 0. The Kier molecular flexibility index (Phi) is 3.55. The third-order valence-electron chi connectivity index (χ3n) is 3.59. The Morgan fingerprint density at radius 3 is 2.71 bits per heavy atom. The van der Waals surface area contributed by atoms with Crippen molar-refractivity contribution < 1.29 is 4.42 Å². The monoisotopic (exact) mass is 336 g/mol. The largest absolute Gasteiger partial charge is 0.438 e. The summed E-state index contributed by atoms with van der Waals surface area (Å²) in [6, 6.07) is 16.8. The number of nitrogens with one attached hydrogen (secondary N) is 1. The first-order valence-corrected chi connectivity index (χ1v) is 7.70. The molecule has 0 fully saturated rings. The van der Waals surface area contributed by atoms with Crippen LogP contribution in [0, 0.1) is 0 Å². The molecule has 5 nitrogen and oxygen atoms in total. The molecule has 3 N–H and O–H groups in total. The molecule has 0 bridgehead atoms. The van der Waals surface area contributed by atoms with E-state index in [1.54, 1.807) is 0 Å². The fraction of sp³-hybridized carbons (Fsp3) is 0. The van der Waals surface area contributed by atoms with E-state index in [0.29, 0.717) is 28.0 Å². The lowest BCUT2D eigenvalue weighted by atomic mass is 10.1. The molecular formula is C18H13ClN4O. The minimum absolute atomic E-state index is 0.506. The van der Waals surface area contributed by atoms with Gasteiger partial charge >= 0.3 is 0 Å². The Morgan fingerprint density at radius 2 is 1.88 bits per heavy atom. The Bertz CT molecular complexity index is 1030. The second kappa shape index (κ2) is 5.86. The average molecular weight is 337 g/mol. The van der Waals surface area contributed by atoms with E-state index in [1.807, 2.05) is 54.6 Å². The van der Waals surface area contributed by atoms with Crippen LogP contribution in [0.4, 0.5) is 17.2 Å². The van der Waals surface area contributed by atoms with Gasteiger partial charge in [-0.2, -0.15) is 0 Å². The molecule has 0 aliphatic rings. The highest BCUT2D eigenvalue weighted by Crippen LogP contribution is 2.32. The van der Waals surface area contributed by atoms with Gasteiger partial charge in [0.1, 0.15) is 17.9 Å². The van der Waals surface area contributed by atoms with Crippen molar-refractivity contribution in [3.8, 4) is 11.3 Å². The molecule has 2 heterocycles. The lowest BCUT2D eigenvalue weighted by Crippen LogP contribution is -1.94. The Hall–Kier alpha value is -3.05. The first-order chi connectivity index (χ1) is 11.7. The summed E-state index contributed by atoms with van der Waals surface area (Å²) >= 11 is 6.03. The molecule has 2 aromatic carbocycles. The van der Waals surface area contributed by atoms with Gasteiger partial charge in [0.05, 0.1) is 5.39 Å². The summed E-state index contributed by atoms with van der Waals surface area (Å²) in [5, 5.41) is 4.68. The smallest absolute Gasteiger partial charge is 0.231 e. The van der Waals surface area contributed by atoms with E-state index in [-0.39, 0.29) is 0 Å². The van der Waals surface area contributed by atoms with Crippen LogP contribution in [0.5, 0.6) is 0 Å². The summed E-state index contributed by atoms with van der Waals surface area (Å²) < 4.78 is 5.84. The second-order valence-electron chi connectivity index (χ2n) is 5.31. The van der Waals surface area contributed by atoms with E-state index in [0.717, 1.165) is 16.6 Å². The van der Waals surface area contributed by atoms with Gasteiger partial charge in [-0.05, 0) is 36.4 Å². The maximum Gasteiger partial charge on any atom is 0.231 e. The number of nitrogens with two attached hydrogens (primary N) is 1. The lowest BCUT2D eigenvalue weighted by Gasteiger charge is -2.05. The zero-order valence-electron chi connectivity index (χ0n) is 12.5. The van der Waals surface area contributed by atoms with Crippen molar-refractivity contribution in [2.75, 3.05) is 11.1 Å². The van der Waals surface area contributed by atoms with Gasteiger partial charge in [-0.15, -0.1) is 0 Å². The molecule has 6 heteroatoms. The number of furan rings is 1. The number of halogens is 1. The minimum Gasteiger partial charge on any atom is -0.438 e. The van der Waals surface area contributed by atoms with Gasteiger partial charge in [0.15, 0.2) is 0 Å². The molecule has 0 spiro atoms. The number of benzene rings is 2. The fourth-order valence-corrected chi connectivity index (χ4v) is 2.68. The molecule has 4 aromatic rings. The molecule has 118 valence electrons. The molecule has 0 saturated carbocycles. The van der Waals surface area contributed by atoms with Crippen molar-refractivity contribution in [3.05, 3.63) is 65.9 Å². The SMILES string of the molecule is Nc1cccc(-c2cc3c(Nc4cccc(Cl)c4)ncnc3o2)c1. The zero-order chi connectivity index (χ0) is 16.5. The lowest BCUT2D eigenvalue weighted by molar-refractivity contribution is 0.617. The number of fused-ring (bicyclic) bond motifs is 1. The number of anilines is 3. The fourth-order valence-electron chi connectivity index (χ4n) is 2.49. The summed E-state index contributed by atoms with van der Waals surface area (Å²) in [4.78, 5) is 8.50. The molecule has 2 aromatic heterocycles. The van der Waals surface area contributed by atoms with Crippen molar-refractivity contribution >= 4 is 39.9 Å². The summed E-state index contributed by atoms with van der Waals surface area (Å²) in [6.45, 7) is 0. The zero-order valence-corrected chi connectivity index (χ0v) is 13.3. The molecule has 4 rings (SSSR count). The van der Waals surface area contributed by atoms with Crippen LogP contribution in [0.15, 0.2) is 65.3 Å². The highest BCUT2D eigenvalue weighted by atomic mass is 35.5. The van der Waals surface area contributed by atoms with Gasteiger partial charge in [0.25, 0.3) is 0 Å². The maximum absolute atomic E-state index is 6.03. The molecular weight excluding hydrogens is 324 g/mol. The summed E-state index contributed by atoms with van der Waals surface area (Å²) in [6.07, 6.45) is 1.46. The predicted octanol–water partition coefficient (Wildman–Crippen LogP) is 4.87. The van der Waals surface area contributed by atoms with Gasteiger partial charge in [-0.25, -0.2) is 9.97 Å². The number of hydrogen-bond acceptors (Lipinski definition) is 5. The summed E-state index contributed by atoms with van der Waals surface area (Å²) in [5.41, 5.74) is 8.76. The number of aromatic nitrogens is 2. The van der Waals surface area contributed by atoms with Crippen LogP contribution in [0.3, 0.4) is 0 Å². The quantitative estimate of drug-likeness (QED) is 0.522. The number of hydrogen-bond donors (Lipinski definition) is 2. The van der Waals surface area contributed by atoms with Gasteiger partial charge in [-0.1, -0.05) is 29.8 Å². The molecule has 0 aliphatic carbocycles. The first-order valence-electron chi connectivity index (χ1n) is 7.32. The van der Waals surface area contributed by atoms with E-state index >= 15 is 0 Å². The van der Waals surface area contributed by atoms with Crippen LogP contribution >= 0.6 is 11.6 Å². The van der Waals surface area contributed by atoms with Crippen molar-refractivity contribution in [3.63, 3.8) is 0 Å². The highest BCUT2D eigenvalue weighted by molar-refractivity contribution is 6.30. The molecule has 0 saturated heterocycles. The standard InChI is InChI=1S/C18H13ClN4O/c19-12-4-2-6-14(8-12)23-17-15-9-16(24-18(15)22-10-21-17)11-3-1-5-13(20)7-11/h1-10H,20H2,(H,21,22,23). The van der Waals surface area contributed by atoms with Gasteiger partial charge in [0, 0.05) is 22.0 Å². The molecule has 0 radical (unpaired) electrons. The molecule has 0 amide bonds. The highest BCUT2D eigenvalue weighted by Gasteiger charge is 2.12. The summed E-state index contributed by atoms with van der Waals surface area (Å²) in [5.74, 6) is 1.34. The van der Waals surface area contributed by atoms with E-state index in [4.69, 9.17) is 21.8 Å².